The van der Waals surface area contributed by atoms with Crippen molar-refractivity contribution < 1.29 is 19.5 Å². The third kappa shape index (κ3) is 6.21. The van der Waals surface area contributed by atoms with Crippen molar-refractivity contribution in [1.82, 2.24) is 25.1 Å². The lowest BCUT2D eigenvalue weighted by Gasteiger charge is -2.23. The fraction of sp³-hybridized carbons (Fsp3) is 0.333. The highest BCUT2D eigenvalue weighted by Gasteiger charge is 2.49. The van der Waals surface area contributed by atoms with E-state index in [1.807, 2.05) is 53.4 Å². The van der Waals surface area contributed by atoms with Gasteiger partial charge in [-0.3, -0.25) is 19.5 Å². The molecule has 4 aromatic rings. The number of hydrogen-bond acceptors (Lipinski definition) is 9. The number of unbranched alkanes of at least 4 members (excludes halogenated alkanes) is 1. The minimum Gasteiger partial charge on any atom is -0.309 e. The summed E-state index contributed by atoms with van der Waals surface area (Å²) in [5.74, 6) is 0.862. The van der Waals surface area contributed by atoms with E-state index in [2.05, 4.69) is 27.2 Å². The van der Waals surface area contributed by atoms with Crippen molar-refractivity contribution in [3.8, 4) is 22.5 Å². The monoisotopic (exact) mass is 607 g/mol. The normalized spacial score (nSPS) is 15.4. The van der Waals surface area contributed by atoms with Crippen molar-refractivity contribution in [3.05, 3.63) is 99.6 Å². The Kier molecular flexibility index (Phi) is 8.45. The van der Waals surface area contributed by atoms with E-state index in [0.29, 0.717) is 29.1 Å². The van der Waals surface area contributed by atoms with E-state index in [0.717, 1.165) is 72.3 Å². The molecule has 0 N–H and O–H groups in total. The summed E-state index contributed by atoms with van der Waals surface area (Å²) in [6.45, 7) is 2.43. The molecule has 0 unspecified atom stereocenters. The van der Waals surface area contributed by atoms with Crippen LogP contribution in [0.25, 0.3) is 22.5 Å². The molecule has 12 nitrogen and oxygen atoms in total. The van der Waals surface area contributed by atoms with Crippen LogP contribution in [0.2, 0.25) is 0 Å². The molecular weight excluding hydrogens is 574 g/mol. The number of aliphatic imine (C=N–C) groups is 1. The van der Waals surface area contributed by atoms with Gasteiger partial charge in [-0.1, -0.05) is 91.6 Å². The summed E-state index contributed by atoms with van der Waals surface area (Å²) < 4.78 is 0. The average molecular weight is 608 g/mol. The maximum atomic E-state index is 13.5. The lowest BCUT2D eigenvalue weighted by Crippen LogP contribution is -2.40. The molecule has 1 fully saturated rings. The van der Waals surface area contributed by atoms with Gasteiger partial charge in [-0.05, 0) is 58.9 Å². The number of carbonyl (C=O) groups is 2. The zero-order valence-electron chi connectivity index (χ0n) is 25.0. The number of rotatable bonds is 11. The largest absolute Gasteiger partial charge is 0.309 e. The first kappa shape index (κ1) is 29.8. The Morgan fingerprint density at radius 2 is 1.67 bits per heavy atom. The predicted molar refractivity (Wildman–Crippen MR) is 165 cm³/mol. The molecule has 1 saturated carbocycles. The highest BCUT2D eigenvalue weighted by Crippen LogP contribution is 2.40. The summed E-state index contributed by atoms with van der Waals surface area (Å²) in [7, 11) is 0. The summed E-state index contributed by atoms with van der Waals surface area (Å²) in [5.41, 5.74) is 3.84. The van der Waals surface area contributed by atoms with E-state index in [-0.39, 0.29) is 12.5 Å². The number of benzene rings is 3. The van der Waals surface area contributed by atoms with E-state index in [1.165, 1.54) is 12.1 Å². The van der Waals surface area contributed by atoms with Gasteiger partial charge in [0.15, 0.2) is 0 Å². The SMILES string of the molecule is CCCCC1=NC2(CCCC2)C(=O)N1Cc1ccc(-c2ccccc2-c2nnn(C(=O)c3ccc(CO[N+](=O)[O-])cc3)n2)cc1. The van der Waals surface area contributed by atoms with Gasteiger partial charge in [0.25, 0.3) is 16.9 Å². The minimum atomic E-state index is -0.868. The van der Waals surface area contributed by atoms with E-state index in [9.17, 15) is 19.7 Å². The van der Waals surface area contributed by atoms with Crippen LogP contribution in [0.3, 0.4) is 0 Å². The highest BCUT2D eigenvalue weighted by molar-refractivity contribution is 6.08. The summed E-state index contributed by atoms with van der Waals surface area (Å²) in [4.78, 5) is 49.2. The Labute approximate surface area is 259 Å². The molecule has 2 heterocycles. The van der Waals surface area contributed by atoms with Crippen LogP contribution >= 0.6 is 0 Å². The zero-order valence-corrected chi connectivity index (χ0v) is 25.0. The molecule has 3 aromatic carbocycles. The van der Waals surface area contributed by atoms with Crippen LogP contribution in [-0.4, -0.2) is 53.4 Å². The number of amides is 1. The Balaban J connectivity index is 1.18. The lowest BCUT2D eigenvalue weighted by molar-refractivity contribution is -0.763. The molecule has 2 aliphatic rings. The number of nitrogens with zero attached hydrogens (tertiary/aromatic N) is 7. The Morgan fingerprint density at radius 3 is 2.36 bits per heavy atom. The minimum absolute atomic E-state index is 0.143. The van der Waals surface area contributed by atoms with E-state index in [1.54, 1.807) is 12.1 Å². The van der Waals surface area contributed by atoms with Crippen molar-refractivity contribution in [2.45, 2.75) is 70.6 Å². The smallest absolute Gasteiger partial charge is 0.297 e. The quantitative estimate of drug-likeness (QED) is 0.157. The zero-order chi connectivity index (χ0) is 31.4. The van der Waals surface area contributed by atoms with Gasteiger partial charge in [-0.25, -0.2) is 0 Å². The number of hydrogen-bond donors (Lipinski definition) is 0. The first-order valence-electron chi connectivity index (χ1n) is 15.2. The van der Waals surface area contributed by atoms with Gasteiger partial charge < -0.3 is 4.84 Å². The summed E-state index contributed by atoms with van der Waals surface area (Å²) in [6.07, 6.45) is 6.65. The van der Waals surface area contributed by atoms with Gasteiger partial charge >= 0.3 is 0 Å². The number of amidine groups is 1. The van der Waals surface area contributed by atoms with Crippen LogP contribution in [-0.2, 0) is 22.8 Å². The number of tetrazole rings is 1. The molecule has 1 aliphatic carbocycles. The molecule has 0 atom stereocenters. The van der Waals surface area contributed by atoms with Gasteiger partial charge in [0.05, 0.1) is 6.54 Å². The average Bonchev–Trinajstić information content (AvgIpc) is 3.81. The maximum absolute atomic E-state index is 13.5. The lowest BCUT2D eigenvalue weighted by atomic mass is 9.97. The topological polar surface area (TPSA) is 146 Å². The molecule has 1 aromatic heterocycles. The van der Waals surface area contributed by atoms with Crippen molar-refractivity contribution in [2.75, 3.05) is 0 Å². The van der Waals surface area contributed by atoms with Gasteiger partial charge in [0.2, 0.25) is 5.82 Å². The van der Waals surface area contributed by atoms with Gasteiger partial charge in [0.1, 0.15) is 18.0 Å². The second-order valence-electron chi connectivity index (χ2n) is 11.4. The summed E-state index contributed by atoms with van der Waals surface area (Å²) in [5, 5.41) is 22.1. The second kappa shape index (κ2) is 12.8. The fourth-order valence-electron chi connectivity index (χ4n) is 5.99. The molecule has 6 rings (SSSR count). The third-order valence-electron chi connectivity index (χ3n) is 8.39. The third-order valence-corrected chi connectivity index (χ3v) is 8.39. The van der Waals surface area contributed by atoms with E-state index in [4.69, 9.17) is 4.99 Å². The Morgan fingerprint density at radius 1 is 0.978 bits per heavy atom. The Bertz CT molecular complexity index is 1740. The van der Waals surface area contributed by atoms with Crippen LogP contribution in [0.5, 0.6) is 0 Å². The van der Waals surface area contributed by atoms with Crippen LogP contribution < -0.4 is 0 Å². The van der Waals surface area contributed by atoms with Gasteiger partial charge in [-0.2, -0.15) is 0 Å². The van der Waals surface area contributed by atoms with Crippen molar-refractivity contribution >= 4 is 17.6 Å². The maximum Gasteiger partial charge on any atom is 0.297 e. The standard InChI is InChI=1S/C33H33N7O5/c1-2-3-10-29-34-33(19-6-7-20-33)32(42)38(29)21-23-11-15-25(16-12-23)27-8-4-5-9-28(27)30-35-37-39(36-30)31(41)26-17-13-24(14-18-26)22-45-40(43)44/h4-5,8-9,11-18H,2-3,6-7,10,19-22H2,1H3. The molecule has 230 valence electrons. The molecule has 45 heavy (non-hydrogen) atoms. The Hall–Kier alpha value is -5.26. The molecule has 1 spiro atoms. The molecule has 0 radical (unpaired) electrons. The van der Waals surface area contributed by atoms with Gasteiger partial charge in [-0.15, -0.1) is 20.3 Å². The number of aromatic nitrogens is 4. The molecular formula is C33H33N7O5. The van der Waals surface area contributed by atoms with Crippen LogP contribution in [0.15, 0.2) is 77.8 Å². The number of carbonyl (C=O) groups excluding carboxylic acids is 2. The highest BCUT2D eigenvalue weighted by atomic mass is 16.9. The predicted octanol–water partition coefficient (Wildman–Crippen LogP) is 5.65. The first-order chi connectivity index (χ1) is 21.9. The molecule has 0 bridgehead atoms. The second-order valence-corrected chi connectivity index (χ2v) is 11.4. The van der Waals surface area contributed by atoms with Crippen molar-refractivity contribution in [3.63, 3.8) is 0 Å². The van der Waals surface area contributed by atoms with Gasteiger partial charge in [0, 0.05) is 17.5 Å². The molecule has 0 saturated heterocycles. The van der Waals surface area contributed by atoms with Crippen molar-refractivity contribution in [1.29, 1.82) is 0 Å². The summed E-state index contributed by atoms with van der Waals surface area (Å²) >= 11 is 0. The van der Waals surface area contributed by atoms with E-state index < -0.39 is 16.5 Å². The molecule has 1 aliphatic heterocycles. The van der Waals surface area contributed by atoms with E-state index >= 15 is 0 Å². The van der Waals surface area contributed by atoms with Crippen LogP contribution in [0, 0.1) is 10.1 Å². The first-order valence-corrected chi connectivity index (χ1v) is 15.2. The summed E-state index contributed by atoms with van der Waals surface area (Å²) in [6, 6.07) is 21.9. The molecule has 12 heteroatoms. The van der Waals surface area contributed by atoms with Crippen LogP contribution in [0.4, 0.5) is 0 Å². The van der Waals surface area contributed by atoms with Crippen LogP contribution in [0.1, 0.15) is 73.4 Å². The van der Waals surface area contributed by atoms with Crippen molar-refractivity contribution in [2.24, 2.45) is 4.99 Å². The fourth-order valence-corrected chi connectivity index (χ4v) is 5.99. The molecule has 1 amide bonds.